The number of hydrogen-bond donors (Lipinski definition) is 2. The van der Waals surface area contributed by atoms with Crippen molar-refractivity contribution in [1.29, 1.82) is 0 Å². The number of nitrogens with two attached hydrogens (primary N) is 2. The van der Waals surface area contributed by atoms with Crippen molar-refractivity contribution in [2.45, 2.75) is 22.3 Å². The van der Waals surface area contributed by atoms with Gasteiger partial charge in [0.25, 0.3) is 5.56 Å². The summed E-state index contributed by atoms with van der Waals surface area (Å²) in [4.78, 5) is 27.2. The highest BCUT2D eigenvalue weighted by molar-refractivity contribution is 7.99. The van der Waals surface area contributed by atoms with Crippen LogP contribution in [0.2, 0.25) is 10.0 Å². The lowest BCUT2D eigenvalue weighted by Crippen LogP contribution is -2.51. The quantitative estimate of drug-likeness (QED) is 0.490. The molecule has 2 aromatic heterocycles. The molecule has 0 bridgehead atoms. The molecule has 1 saturated heterocycles. The van der Waals surface area contributed by atoms with Gasteiger partial charge in [-0.05, 0) is 36.2 Å². The molecule has 1 aliphatic rings. The number of rotatable bonds is 7. The van der Waals surface area contributed by atoms with Gasteiger partial charge in [0, 0.05) is 63.1 Å². The third-order valence-electron chi connectivity index (χ3n) is 5.78. The fraction of sp³-hybridized carbons (Fsp3) is 0.348. The predicted molar refractivity (Wildman–Crippen MR) is 139 cm³/mol. The number of pyridine rings is 1. The minimum absolute atomic E-state index is 0.0432. The van der Waals surface area contributed by atoms with Crippen LogP contribution in [0, 0.1) is 0 Å². The van der Waals surface area contributed by atoms with E-state index in [0.29, 0.717) is 25.8 Å². The van der Waals surface area contributed by atoms with Gasteiger partial charge in [0.05, 0.1) is 10.0 Å². The molecule has 0 spiro atoms. The Kier molecular flexibility index (Phi) is 8.00. The Bertz CT molecular complexity index is 1200. The van der Waals surface area contributed by atoms with Crippen LogP contribution >= 0.6 is 35.0 Å². The molecule has 0 radical (unpaired) electrons. The van der Waals surface area contributed by atoms with Gasteiger partial charge in [0.15, 0.2) is 0 Å². The van der Waals surface area contributed by atoms with Crippen molar-refractivity contribution >= 4 is 46.7 Å². The summed E-state index contributed by atoms with van der Waals surface area (Å²) < 4.78 is 1.54. The Balaban J connectivity index is 1.41. The molecule has 1 atom stereocenters. The maximum Gasteiger partial charge on any atom is 0.270 e. The van der Waals surface area contributed by atoms with E-state index in [9.17, 15) is 4.79 Å². The van der Waals surface area contributed by atoms with Gasteiger partial charge < -0.3 is 16.4 Å². The van der Waals surface area contributed by atoms with Crippen LogP contribution in [0.15, 0.2) is 57.3 Å². The van der Waals surface area contributed by atoms with Gasteiger partial charge in [0.2, 0.25) is 5.95 Å². The van der Waals surface area contributed by atoms with Gasteiger partial charge in [0.1, 0.15) is 10.7 Å². The van der Waals surface area contributed by atoms with E-state index in [2.05, 4.69) is 19.8 Å². The van der Waals surface area contributed by atoms with Crippen molar-refractivity contribution < 1.29 is 0 Å². The molecule has 4 rings (SSSR count). The normalized spacial score (nSPS) is 15.5. The van der Waals surface area contributed by atoms with Crippen molar-refractivity contribution in [1.82, 2.24) is 19.4 Å². The molecule has 0 aliphatic carbocycles. The lowest BCUT2D eigenvalue weighted by Gasteiger charge is -2.37. The van der Waals surface area contributed by atoms with E-state index >= 15 is 0 Å². The summed E-state index contributed by atoms with van der Waals surface area (Å²) in [6.45, 7) is 3.92. The average Bonchev–Trinajstić information content (AvgIpc) is 2.83. The van der Waals surface area contributed by atoms with Crippen LogP contribution in [0.1, 0.15) is 5.56 Å². The Morgan fingerprint density at radius 2 is 1.82 bits per heavy atom. The van der Waals surface area contributed by atoms with Gasteiger partial charge in [-0.1, -0.05) is 41.0 Å². The van der Waals surface area contributed by atoms with E-state index in [0.717, 1.165) is 39.1 Å². The zero-order valence-electron chi connectivity index (χ0n) is 18.8. The molecule has 3 aromatic rings. The molecule has 0 amide bonds. The summed E-state index contributed by atoms with van der Waals surface area (Å²) >= 11 is 13.6. The first-order valence-electron chi connectivity index (χ1n) is 10.9. The first-order chi connectivity index (χ1) is 16.3. The van der Waals surface area contributed by atoms with E-state index in [1.807, 2.05) is 12.1 Å². The number of hydrogen-bond acceptors (Lipinski definition) is 8. The predicted octanol–water partition coefficient (Wildman–Crippen LogP) is 2.91. The average molecular weight is 520 g/mol. The smallest absolute Gasteiger partial charge is 0.270 e. The van der Waals surface area contributed by atoms with E-state index in [1.165, 1.54) is 17.3 Å². The number of nitrogens with zero attached hydrogens (tertiary/aromatic N) is 5. The first kappa shape index (κ1) is 24.8. The second kappa shape index (κ2) is 11.0. The molecule has 34 heavy (non-hydrogen) atoms. The number of piperazine rings is 1. The number of nitrogen functional groups attached to an aromatic ring is 1. The summed E-state index contributed by atoms with van der Waals surface area (Å²) in [5.41, 5.74) is 13.6. The zero-order valence-corrected chi connectivity index (χ0v) is 21.2. The van der Waals surface area contributed by atoms with Crippen LogP contribution in [0.3, 0.4) is 0 Å². The summed E-state index contributed by atoms with van der Waals surface area (Å²) in [7, 11) is 1.71. The molecule has 1 aliphatic heterocycles. The molecule has 4 N–H and O–H groups in total. The molecular formula is C23H27Cl2N7OS. The third-order valence-corrected chi connectivity index (χ3v) is 7.85. The van der Waals surface area contributed by atoms with E-state index < -0.39 is 0 Å². The minimum Gasteiger partial charge on any atom is -0.382 e. The van der Waals surface area contributed by atoms with Gasteiger partial charge in [-0.3, -0.25) is 19.2 Å². The zero-order chi connectivity index (χ0) is 24.2. The minimum atomic E-state index is -0.217. The Morgan fingerprint density at radius 1 is 1.12 bits per heavy atom. The molecule has 11 heteroatoms. The fourth-order valence-electron chi connectivity index (χ4n) is 3.99. The highest BCUT2D eigenvalue weighted by Crippen LogP contribution is 2.37. The Labute approximate surface area is 212 Å². The van der Waals surface area contributed by atoms with Crippen molar-refractivity contribution in [3.63, 3.8) is 0 Å². The molecule has 1 fully saturated rings. The molecule has 180 valence electrons. The lowest BCUT2D eigenvalue weighted by molar-refractivity contribution is 0.240. The molecule has 3 heterocycles. The van der Waals surface area contributed by atoms with Crippen molar-refractivity contribution in [2.75, 3.05) is 43.4 Å². The van der Waals surface area contributed by atoms with Crippen LogP contribution in [0.5, 0.6) is 0 Å². The number of benzene rings is 1. The van der Waals surface area contributed by atoms with Crippen LogP contribution in [-0.4, -0.2) is 58.2 Å². The molecule has 0 saturated carbocycles. The maximum absolute atomic E-state index is 13.1. The molecular weight excluding hydrogens is 493 g/mol. The second-order valence-corrected chi connectivity index (χ2v) is 10.1. The summed E-state index contributed by atoms with van der Waals surface area (Å²) in [6, 6.07) is 9.31. The van der Waals surface area contributed by atoms with E-state index in [4.69, 9.17) is 34.7 Å². The Hall–Kier alpha value is -2.30. The first-order valence-corrected chi connectivity index (χ1v) is 12.5. The number of halogens is 2. The SMILES string of the molecule is Cn1c(N2CCN(C[C@@H](N)Cc3ccncc3)CC2)nc(N)c(Sc2cccc(Cl)c2Cl)c1=O. The monoisotopic (exact) mass is 519 g/mol. The van der Waals surface area contributed by atoms with Crippen LogP contribution in [-0.2, 0) is 13.5 Å². The summed E-state index contributed by atoms with van der Waals surface area (Å²) in [5.74, 6) is 0.741. The fourth-order valence-corrected chi connectivity index (χ4v) is 5.40. The van der Waals surface area contributed by atoms with Crippen molar-refractivity contribution in [3.05, 3.63) is 68.7 Å². The van der Waals surface area contributed by atoms with Gasteiger partial charge >= 0.3 is 0 Å². The Morgan fingerprint density at radius 3 is 2.53 bits per heavy atom. The maximum atomic E-state index is 13.1. The molecule has 8 nitrogen and oxygen atoms in total. The number of anilines is 2. The highest BCUT2D eigenvalue weighted by Gasteiger charge is 2.24. The van der Waals surface area contributed by atoms with E-state index in [-0.39, 0.29) is 17.4 Å². The second-order valence-electron chi connectivity index (χ2n) is 8.25. The van der Waals surface area contributed by atoms with Gasteiger partial charge in [-0.15, -0.1) is 0 Å². The third kappa shape index (κ3) is 5.67. The van der Waals surface area contributed by atoms with Crippen molar-refractivity contribution in [2.24, 2.45) is 12.8 Å². The van der Waals surface area contributed by atoms with Crippen LogP contribution in [0.25, 0.3) is 0 Å². The molecule has 0 unspecified atom stereocenters. The number of aromatic nitrogens is 3. The molecule has 1 aromatic carbocycles. The topological polar surface area (TPSA) is 106 Å². The van der Waals surface area contributed by atoms with E-state index in [1.54, 1.807) is 42.2 Å². The lowest BCUT2D eigenvalue weighted by atomic mass is 10.1. The largest absolute Gasteiger partial charge is 0.382 e. The highest BCUT2D eigenvalue weighted by atomic mass is 35.5. The van der Waals surface area contributed by atoms with Crippen LogP contribution in [0.4, 0.5) is 11.8 Å². The summed E-state index contributed by atoms with van der Waals surface area (Å²) in [5, 5.41) is 0.808. The van der Waals surface area contributed by atoms with Crippen LogP contribution < -0.4 is 21.9 Å². The van der Waals surface area contributed by atoms with Gasteiger partial charge in [-0.2, -0.15) is 4.98 Å². The van der Waals surface area contributed by atoms with Gasteiger partial charge in [-0.25, -0.2) is 0 Å². The van der Waals surface area contributed by atoms with Crippen molar-refractivity contribution in [3.8, 4) is 0 Å². The standard InChI is InChI=1S/C23H27Cl2N7OS/c1-30-22(33)20(34-18-4-2-3-17(24)19(18)25)21(27)29-23(30)32-11-9-31(10-12-32)14-16(26)13-15-5-7-28-8-6-15/h2-8,16H,9-14,26-27H2,1H3/t16-/m0/s1. The summed E-state index contributed by atoms with van der Waals surface area (Å²) in [6.07, 6.45) is 4.39.